The Morgan fingerprint density at radius 2 is 1.92 bits per heavy atom. The molecular formula is C21H34N2O2. The number of carbonyl (C=O) groups is 1. The molecule has 1 fully saturated rings. The minimum absolute atomic E-state index is 0.0867. The number of rotatable bonds is 8. The standard InChI is InChI=1S/C21H34N2O2/c1-5-15-25-18-11-13-23(14-12-18)17(4)21(24)22-20-10-8-7-9-19(20)16(3)6-2/h7-10,16-18H,5-6,11-15H2,1-4H3,(H,22,24). The summed E-state index contributed by atoms with van der Waals surface area (Å²) in [4.78, 5) is 15.0. The largest absolute Gasteiger partial charge is 0.378 e. The quantitative estimate of drug-likeness (QED) is 0.758. The van der Waals surface area contributed by atoms with Gasteiger partial charge in [-0.15, -0.1) is 0 Å². The molecule has 25 heavy (non-hydrogen) atoms. The number of nitrogens with zero attached hydrogens (tertiary/aromatic N) is 1. The van der Waals surface area contributed by atoms with Gasteiger partial charge in [-0.3, -0.25) is 9.69 Å². The lowest BCUT2D eigenvalue weighted by atomic mass is 9.96. The van der Waals surface area contributed by atoms with E-state index < -0.39 is 0 Å². The number of anilines is 1. The summed E-state index contributed by atoms with van der Waals surface area (Å²) in [6.45, 7) is 11.2. The van der Waals surface area contributed by atoms with Gasteiger partial charge in [0.1, 0.15) is 0 Å². The van der Waals surface area contributed by atoms with Crippen LogP contribution >= 0.6 is 0 Å². The zero-order valence-electron chi connectivity index (χ0n) is 16.3. The Morgan fingerprint density at radius 3 is 2.56 bits per heavy atom. The molecule has 0 saturated carbocycles. The van der Waals surface area contributed by atoms with Crippen LogP contribution in [0.5, 0.6) is 0 Å². The lowest BCUT2D eigenvalue weighted by molar-refractivity contribution is -0.121. The highest BCUT2D eigenvalue weighted by molar-refractivity contribution is 5.95. The molecular weight excluding hydrogens is 312 g/mol. The highest BCUT2D eigenvalue weighted by Crippen LogP contribution is 2.27. The number of hydrogen-bond donors (Lipinski definition) is 1. The summed E-state index contributed by atoms with van der Waals surface area (Å²) in [6.07, 6.45) is 4.52. The molecule has 1 saturated heterocycles. The Morgan fingerprint density at radius 1 is 1.24 bits per heavy atom. The smallest absolute Gasteiger partial charge is 0.241 e. The Labute approximate surface area is 152 Å². The van der Waals surface area contributed by atoms with E-state index in [0.29, 0.717) is 12.0 Å². The molecule has 1 aromatic rings. The van der Waals surface area contributed by atoms with Gasteiger partial charge in [-0.2, -0.15) is 0 Å². The second-order valence-corrected chi connectivity index (χ2v) is 7.17. The van der Waals surface area contributed by atoms with E-state index in [-0.39, 0.29) is 11.9 Å². The maximum atomic E-state index is 12.7. The van der Waals surface area contributed by atoms with Crippen LogP contribution in [0.25, 0.3) is 0 Å². The first-order valence-electron chi connectivity index (χ1n) is 9.82. The Balaban J connectivity index is 1.91. The van der Waals surface area contributed by atoms with Crippen LogP contribution in [0.1, 0.15) is 64.9 Å². The third kappa shape index (κ3) is 5.55. The summed E-state index contributed by atoms with van der Waals surface area (Å²) in [5.74, 6) is 0.530. The molecule has 0 aliphatic carbocycles. The number of benzene rings is 1. The minimum atomic E-state index is -0.114. The van der Waals surface area contributed by atoms with Crippen molar-refractivity contribution in [3.8, 4) is 0 Å². The molecule has 4 nitrogen and oxygen atoms in total. The topological polar surface area (TPSA) is 41.6 Å². The van der Waals surface area contributed by atoms with Crippen LogP contribution in [0.15, 0.2) is 24.3 Å². The maximum Gasteiger partial charge on any atom is 0.241 e. The van der Waals surface area contributed by atoms with Crippen molar-refractivity contribution in [1.29, 1.82) is 0 Å². The van der Waals surface area contributed by atoms with Gasteiger partial charge < -0.3 is 10.1 Å². The lowest BCUT2D eigenvalue weighted by Crippen LogP contribution is -2.47. The van der Waals surface area contributed by atoms with Crippen LogP contribution in [0.4, 0.5) is 5.69 Å². The molecule has 2 rings (SSSR count). The molecule has 1 N–H and O–H groups in total. The van der Waals surface area contributed by atoms with E-state index in [0.717, 1.165) is 51.1 Å². The minimum Gasteiger partial charge on any atom is -0.378 e. The van der Waals surface area contributed by atoms with E-state index in [1.807, 2.05) is 25.1 Å². The maximum absolute atomic E-state index is 12.7. The second kappa shape index (κ2) is 9.93. The van der Waals surface area contributed by atoms with Crippen LogP contribution in [-0.4, -0.2) is 42.6 Å². The van der Waals surface area contributed by atoms with E-state index >= 15 is 0 Å². The van der Waals surface area contributed by atoms with E-state index in [1.165, 1.54) is 5.56 Å². The third-order valence-electron chi connectivity index (χ3n) is 5.32. The summed E-state index contributed by atoms with van der Waals surface area (Å²) in [7, 11) is 0. The molecule has 1 amide bonds. The average Bonchev–Trinajstić information content (AvgIpc) is 2.66. The van der Waals surface area contributed by atoms with Crippen molar-refractivity contribution < 1.29 is 9.53 Å². The van der Waals surface area contributed by atoms with Gasteiger partial charge in [-0.1, -0.05) is 39.0 Å². The molecule has 2 atom stereocenters. The van der Waals surface area contributed by atoms with Crippen molar-refractivity contribution in [2.75, 3.05) is 25.0 Å². The third-order valence-corrected chi connectivity index (χ3v) is 5.32. The lowest BCUT2D eigenvalue weighted by Gasteiger charge is -2.35. The van der Waals surface area contributed by atoms with Crippen molar-refractivity contribution in [3.63, 3.8) is 0 Å². The van der Waals surface area contributed by atoms with Crippen LogP contribution in [0, 0.1) is 0 Å². The van der Waals surface area contributed by atoms with Crippen molar-refractivity contribution in [2.45, 2.75) is 71.4 Å². The van der Waals surface area contributed by atoms with Gasteiger partial charge >= 0.3 is 0 Å². The number of ether oxygens (including phenoxy) is 1. The number of carbonyl (C=O) groups excluding carboxylic acids is 1. The van der Waals surface area contributed by atoms with E-state index in [1.54, 1.807) is 0 Å². The van der Waals surface area contributed by atoms with Crippen molar-refractivity contribution in [3.05, 3.63) is 29.8 Å². The molecule has 1 aliphatic heterocycles. The summed E-state index contributed by atoms with van der Waals surface area (Å²) >= 11 is 0. The van der Waals surface area contributed by atoms with Crippen LogP contribution in [0.2, 0.25) is 0 Å². The molecule has 2 unspecified atom stereocenters. The second-order valence-electron chi connectivity index (χ2n) is 7.17. The Hall–Kier alpha value is -1.39. The van der Waals surface area contributed by atoms with Gasteiger partial charge in [-0.25, -0.2) is 0 Å². The summed E-state index contributed by atoms with van der Waals surface area (Å²) in [6, 6.07) is 8.05. The zero-order valence-corrected chi connectivity index (χ0v) is 16.3. The van der Waals surface area contributed by atoms with E-state index in [2.05, 4.69) is 37.1 Å². The molecule has 1 heterocycles. The predicted octanol–water partition coefficient (Wildman–Crippen LogP) is 4.42. The van der Waals surface area contributed by atoms with Gasteiger partial charge in [0.25, 0.3) is 0 Å². The molecule has 1 aliphatic rings. The molecule has 0 bridgehead atoms. The van der Waals surface area contributed by atoms with Gasteiger partial charge in [0.05, 0.1) is 12.1 Å². The summed E-state index contributed by atoms with van der Waals surface area (Å²) < 4.78 is 5.84. The van der Waals surface area contributed by atoms with Gasteiger partial charge in [0, 0.05) is 25.4 Å². The van der Waals surface area contributed by atoms with E-state index in [4.69, 9.17) is 4.74 Å². The first kappa shape index (κ1) is 19.9. The molecule has 0 spiro atoms. The fourth-order valence-electron chi connectivity index (χ4n) is 3.38. The molecule has 0 aromatic heterocycles. The van der Waals surface area contributed by atoms with E-state index in [9.17, 15) is 4.79 Å². The summed E-state index contributed by atoms with van der Waals surface area (Å²) in [5, 5.41) is 3.16. The molecule has 140 valence electrons. The number of piperidine rings is 1. The number of nitrogens with one attached hydrogen (secondary N) is 1. The van der Waals surface area contributed by atoms with Crippen molar-refractivity contribution in [1.82, 2.24) is 4.90 Å². The molecule has 1 aromatic carbocycles. The fourth-order valence-corrected chi connectivity index (χ4v) is 3.38. The fraction of sp³-hybridized carbons (Fsp3) is 0.667. The van der Waals surface area contributed by atoms with Gasteiger partial charge in [-0.05, 0) is 50.2 Å². The number of hydrogen-bond acceptors (Lipinski definition) is 3. The highest BCUT2D eigenvalue weighted by atomic mass is 16.5. The molecule has 4 heteroatoms. The number of likely N-dealkylation sites (tertiary alicyclic amines) is 1. The zero-order chi connectivity index (χ0) is 18.2. The van der Waals surface area contributed by atoms with Gasteiger partial charge in [0.15, 0.2) is 0 Å². The van der Waals surface area contributed by atoms with Crippen LogP contribution in [0.3, 0.4) is 0 Å². The Kier molecular flexibility index (Phi) is 7.91. The average molecular weight is 347 g/mol. The van der Waals surface area contributed by atoms with Gasteiger partial charge in [0.2, 0.25) is 5.91 Å². The molecule has 0 radical (unpaired) electrons. The SMILES string of the molecule is CCCOC1CCN(C(C)C(=O)Nc2ccccc2C(C)CC)CC1. The predicted molar refractivity (Wildman–Crippen MR) is 104 cm³/mol. The number of amides is 1. The van der Waals surface area contributed by atoms with Crippen LogP contribution in [-0.2, 0) is 9.53 Å². The summed E-state index contributed by atoms with van der Waals surface area (Å²) in [5.41, 5.74) is 2.17. The normalized spacial score (nSPS) is 18.7. The Bertz CT molecular complexity index is 538. The highest BCUT2D eigenvalue weighted by Gasteiger charge is 2.27. The van der Waals surface area contributed by atoms with Crippen LogP contribution < -0.4 is 5.32 Å². The van der Waals surface area contributed by atoms with Crippen molar-refractivity contribution in [2.24, 2.45) is 0 Å². The first-order chi connectivity index (χ1) is 12.1. The monoisotopic (exact) mass is 346 g/mol. The van der Waals surface area contributed by atoms with Crippen molar-refractivity contribution >= 4 is 11.6 Å². The number of para-hydroxylation sites is 1. The first-order valence-corrected chi connectivity index (χ1v) is 9.82.